The van der Waals surface area contributed by atoms with E-state index >= 15 is 0 Å². The topological polar surface area (TPSA) is 57.8 Å². The predicted molar refractivity (Wildman–Crippen MR) is 38.0 cm³/mol. The van der Waals surface area contributed by atoms with Gasteiger partial charge in [0.15, 0.2) is 0 Å². The van der Waals surface area contributed by atoms with E-state index in [9.17, 15) is 4.79 Å². The summed E-state index contributed by atoms with van der Waals surface area (Å²) in [6.45, 7) is 3.21. The van der Waals surface area contributed by atoms with Crippen LogP contribution in [0.5, 0.6) is 0 Å². The Kier molecular flexibility index (Phi) is 6.25. The summed E-state index contributed by atoms with van der Waals surface area (Å²) < 4.78 is 0. The van der Waals surface area contributed by atoms with E-state index in [1.807, 2.05) is 0 Å². The van der Waals surface area contributed by atoms with Crippen molar-refractivity contribution in [2.45, 2.75) is 0 Å². The molecule has 0 fully saturated rings. The van der Waals surface area contributed by atoms with E-state index in [1.165, 1.54) is 6.20 Å². The summed E-state index contributed by atoms with van der Waals surface area (Å²) >= 11 is 0. The van der Waals surface area contributed by atoms with Crippen molar-refractivity contribution in [3.63, 3.8) is 0 Å². The van der Waals surface area contributed by atoms with Gasteiger partial charge in [0.1, 0.15) is 0 Å². The summed E-state index contributed by atoms with van der Waals surface area (Å²) in [6.07, 6.45) is 6.96. The minimum atomic E-state index is 0.562. The molecule has 1 amide bonds. The molecule has 0 aliphatic carbocycles. The molecule has 10 heavy (non-hydrogen) atoms. The summed E-state index contributed by atoms with van der Waals surface area (Å²) in [7, 11) is 0. The zero-order chi connectivity index (χ0) is 7.66. The number of hydrogen-bond acceptors (Lipinski definition) is 2. The number of nitrogens with zero attached hydrogens (tertiary/aromatic N) is 1. The highest BCUT2D eigenvalue weighted by Gasteiger charge is 1.56. The maximum atomic E-state index is 9.22. The van der Waals surface area contributed by atoms with Gasteiger partial charge in [-0.1, -0.05) is 6.58 Å². The van der Waals surface area contributed by atoms with Crippen LogP contribution in [0.2, 0.25) is 0 Å². The highest BCUT2D eigenvalue weighted by Crippen LogP contribution is 1.62. The molecule has 4 heteroatoms. The summed E-state index contributed by atoms with van der Waals surface area (Å²) in [5.41, 5.74) is 0. The van der Waals surface area contributed by atoms with E-state index in [2.05, 4.69) is 21.9 Å². The Morgan fingerprint density at radius 2 is 2.50 bits per heavy atom. The first kappa shape index (κ1) is 8.42. The lowest BCUT2D eigenvalue weighted by Gasteiger charge is -1.70. The third-order valence-corrected chi connectivity index (χ3v) is 0.592. The zero-order valence-electron chi connectivity index (χ0n) is 5.45. The Morgan fingerprint density at radius 3 is 2.60 bits per heavy atom. The summed E-state index contributed by atoms with van der Waals surface area (Å²) in [5.74, 6) is 0. The van der Waals surface area contributed by atoms with Crippen LogP contribution >= 0.6 is 0 Å². The lowest BCUT2D eigenvalue weighted by Crippen LogP contribution is -1.96. The van der Waals surface area contributed by atoms with Crippen molar-refractivity contribution in [2.24, 2.45) is 0 Å². The van der Waals surface area contributed by atoms with E-state index in [0.29, 0.717) is 6.41 Å². The Labute approximate surface area is 59.0 Å². The van der Waals surface area contributed by atoms with Gasteiger partial charge in [-0.05, 0) is 6.20 Å². The fourth-order valence-corrected chi connectivity index (χ4v) is 0.263. The van der Waals surface area contributed by atoms with E-state index in [1.54, 1.807) is 18.7 Å². The minimum Gasteiger partial charge on any atom is -0.351 e. The van der Waals surface area contributed by atoms with Crippen molar-refractivity contribution in [1.29, 1.82) is 0 Å². The lowest BCUT2D eigenvalue weighted by atomic mass is 11.0. The van der Waals surface area contributed by atoms with Gasteiger partial charge in [-0.15, -0.1) is 0 Å². The molecule has 0 aliphatic heterocycles. The fraction of sp³-hybridized carbons (Fsp3) is 0. The van der Waals surface area contributed by atoms with Crippen molar-refractivity contribution in [2.75, 3.05) is 0 Å². The molecule has 0 unspecified atom stereocenters. The minimum absolute atomic E-state index is 0.562. The fourth-order valence-electron chi connectivity index (χ4n) is 0.263. The maximum Gasteiger partial charge on any atom is 0.211 e. The number of nitrogens with one attached hydrogen (secondary N) is 2. The largest absolute Gasteiger partial charge is 0.351 e. The second-order valence-corrected chi connectivity index (χ2v) is 1.25. The normalized spacial score (nSPS) is 6.80. The average Bonchev–Trinajstić information content (AvgIpc) is 2.44. The zero-order valence-corrected chi connectivity index (χ0v) is 5.45. The molecule has 1 aromatic rings. The van der Waals surface area contributed by atoms with Crippen molar-refractivity contribution < 1.29 is 4.79 Å². The number of aromatic nitrogens is 2. The van der Waals surface area contributed by atoms with Gasteiger partial charge in [-0.25, -0.2) is 4.98 Å². The Hall–Kier alpha value is -1.58. The highest BCUT2D eigenvalue weighted by atomic mass is 16.1. The number of carbonyl (C=O) groups excluding carboxylic acids is 1. The first-order chi connectivity index (χ1) is 4.91. The van der Waals surface area contributed by atoms with Gasteiger partial charge in [0, 0.05) is 12.4 Å². The summed E-state index contributed by atoms with van der Waals surface area (Å²) in [4.78, 5) is 15.6. The van der Waals surface area contributed by atoms with Gasteiger partial charge < -0.3 is 10.3 Å². The van der Waals surface area contributed by atoms with Gasteiger partial charge in [0.2, 0.25) is 6.41 Å². The Morgan fingerprint density at radius 1 is 1.70 bits per heavy atom. The van der Waals surface area contributed by atoms with Crippen molar-refractivity contribution in [3.05, 3.63) is 31.5 Å². The van der Waals surface area contributed by atoms with Gasteiger partial charge in [0.25, 0.3) is 0 Å². The van der Waals surface area contributed by atoms with E-state index in [-0.39, 0.29) is 0 Å². The number of rotatable bonds is 2. The standard InChI is InChI=1S/C3H4N2.C3H5NO/c1-2-5-3-4-1;1-2-4-3-5/h1-3H,(H,4,5);2-3H,1H2,(H,4,5). The van der Waals surface area contributed by atoms with Crippen LogP contribution in [0.4, 0.5) is 0 Å². The first-order valence-electron chi connectivity index (χ1n) is 2.65. The number of aromatic amines is 1. The third-order valence-electron chi connectivity index (χ3n) is 0.592. The number of imidazole rings is 1. The van der Waals surface area contributed by atoms with Crippen LogP contribution in [-0.4, -0.2) is 16.4 Å². The predicted octanol–water partition coefficient (Wildman–Crippen LogP) is 0.286. The second kappa shape index (κ2) is 7.42. The molecule has 0 saturated heterocycles. The maximum absolute atomic E-state index is 9.22. The molecule has 1 aromatic heterocycles. The summed E-state index contributed by atoms with van der Waals surface area (Å²) in [6, 6.07) is 0. The smallest absolute Gasteiger partial charge is 0.211 e. The number of hydrogen-bond donors (Lipinski definition) is 2. The van der Waals surface area contributed by atoms with Gasteiger partial charge in [-0.2, -0.15) is 0 Å². The van der Waals surface area contributed by atoms with Crippen LogP contribution in [0.15, 0.2) is 31.5 Å². The quantitative estimate of drug-likeness (QED) is 0.578. The molecule has 0 aliphatic rings. The van der Waals surface area contributed by atoms with Crippen LogP contribution in [0.25, 0.3) is 0 Å². The van der Waals surface area contributed by atoms with Crippen molar-refractivity contribution in [3.8, 4) is 0 Å². The van der Waals surface area contributed by atoms with Gasteiger partial charge in [0.05, 0.1) is 6.33 Å². The molecule has 0 saturated carbocycles. The lowest BCUT2D eigenvalue weighted by molar-refractivity contribution is -0.108. The SMILES string of the molecule is C=CNC=O.c1c[nH]cn1. The van der Waals surface area contributed by atoms with Crippen molar-refractivity contribution in [1.82, 2.24) is 15.3 Å². The third kappa shape index (κ3) is 6.42. The molecule has 1 heterocycles. The van der Waals surface area contributed by atoms with Crippen molar-refractivity contribution >= 4 is 6.41 Å². The average molecular weight is 139 g/mol. The molecule has 0 spiro atoms. The number of carbonyl (C=O) groups is 1. The number of H-pyrrole nitrogens is 1. The molecular formula is C6H9N3O. The molecule has 0 radical (unpaired) electrons. The molecule has 54 valence electrons. The molecule has 1 rings (SSSR count). The molecule has 0 bridgehead atoms. The van der Waals surface area contributed by atoms with Gasteiger partial charge >= 0.3 is 0 Å². The first-order valence-corrected chi connectivity index (χ1v) is 2.65. The second-order valence-electron chi connectivity index (χ2n) is 1.25. The van der Waals surface area contributed by atoms with E-state index < -0.39 is 0 Å². The molecule has 2 N–H and O–H groups in total. The summed E-state index contributed by atoms with van der Waals surface area (Å²) in [5, 5.41) is 2.19. The van der Waals surface area contributed by atoms with Crippen LogP contribution < -0.4 is 5.32 Å². The molecule has 0 aromatic carbocycles. The van der Waals surface area contributed by atoms with Gasteiger partial charge in [-0.3, -0.25) is 4.79 Å². The van der Waals surface area contributed by atoms with Crippen LogP contribution in [0.3, 0.4) is 0 Å². The number of amides is 1. The van der Waals surface area contributed by atoms with Crippen LogP contribution in [-0.2, 0) is 4.79 Å². The van der Waals surface area contributed by atoms with E-state index in [0.717, 1.165) is 0 Å². The van der Waals surface area contributed by atoms with Crippen LogP contribution in [0.1, 0.15) is 0 Å². The highest BCUT2D eigenvalue weighted by molar-refractivity contribution is 5.47. The Balaban J connectivity index is 0.000000162. The molecule has 4 nitrogen and oxygen atoms in total. The molecular weight excluding hydrogens is 130 g/mol. The van der Waals surface area contributed by atoms with E-state index in [4.69, 9.17) is 0 Å². The van der Waals surface area contributed by atoms with Crippen LogP contribution in [0, 0.1) is 0 Å². The molecule has 0 atom stereocenters. The monoisotopic (exact) mass is 139 g/mol. The Bertz CT molecular complexity index is 136.